The van der Waals surface area contributed by atoms with Crippen molar-refractivity contribution in [3.63, 3.8) is 0 Å². The molecule has 0 aromatic heterocycles. The van der Waals surface area contributed by atoms with E-state index in [1.54, 1.807) is 14.1 Å². The van der Waals surface area contributed by atoms with E-state index in [2.05, 4.69) is 0 Å². The van der Waals surface area contributed by atoms with Crippen molar-refractivity contribution in [1.82, 2.24) is 9.80 Å². The molecule has 0 saturated carbocycles. The number of piperidine rings is 1. The van der Waals surface area contributed by atoms with Gasteiger partial charge in [0, 0.05) is 27.2 Å². The molecule has 1 unspecified atom stereocenters. The predicted octanol–water partition coefficient (Wildman–Crippen LogP) is -0.0824. The topological polar surface area (TPSA) is 81.1 Å². The molecular weight excluding hydrogens is 231 g/mol. The normalized spacial score (nSPS) is 20.8. The van der Waals surface area contributed by atoms with Crippen LogP contribution in [0.4, 0.5) is 9.18 Å². The van der Waals surface area contributed by atoms with Gasteiger partial charge >= 0.3 is 12.0 Å². The minimum Gasteiger partial charge on any atom is -0.479 e. The Hall–Kier alpha value is -1.37. The molecule has 1 saturated heterocycles. The number of aliphatic hydroxyl groups is 1. The Morgan fingerprint density at radius 3 is 2.18 bits per heavy atom. The molecule has 2 amide bonds. The summed E-state index contributed by atoms with van der Waals surface area (Å²) >= 11 is 0. The van der Waals surface area contributed by atoms with E-state index in [0.29, 0.717) is 0 Å². The van der Waals surface area contributed by atoms with E-state index in [4.69, 9.17) is 5.11 Å². The number of urea groups is 1. The Bertz CT molecular complexity index is 313. The lowest BCUT2D eigenvalue weighted by Gasteiger charge is -2.39. The SMILES string of the molecule is CN(C)C(=O)N1CCC(O)(C(F)C(=O)O)CC1. The molecule has 98 valence electrons. The maximum Gasteiger partial charge on any atom is 0.341 e. The summed E-state index contributed by atoms with van der Waals surface area (Å²) in [6.45, 7) is 0.308. The first-order valence-corrected chi connectivity index (χ1v) is 5.33. The third-order valence-electron chi connectivity index (χ3n) is 2.97. The number of hydrogen-bond acceptors (Lipinski definition) is 3. The molecule has 0 bridgehead atoms. The number of aliphatic carboxylic acids is 1. The Morgan fingerprint density at radius 1 is 1.35 bits per heavy atom. The minimum absolute atomic E-state index is 0.0694. The molecular formula is C10H17FN2O4. The fraction of sp³-hybridized carbons (Fsp3) is 0.800. The number of amides is 2. The summed E-state index contributed by atoms with van der Waals surface area (Å²) in [5, 5.41) is 18.4. The van der Waals surface area contributed by atoms with E-state index in [-0.39, 0.29) is 32.0 Å². The van der Waals surface area contributed by atoms with Crippen LogP contribution in [-0.4, -0.2) is 71.0 Å². The molecule has 17 heavy (non-hydrogen) atoms. The van der Waals surface area contributed by atoms with Crippen LogP contribution in [0.5, 0.6) is 0 Å². The molecule has 1 aliphatic heterocycles. The Morgan fingerprint density at radius 2 is 1.82 bits per heavy atom. The fourth-order valence-electron chi connectivity index (χ4n) is 1.85. The molecule has 7 heteroatoms. The number of hydrogen-bond donors (Lipinski definition) is 2. The van der Waals surface area contributed by atoms with Gasteiger partial charge in [-0.3, -0.25) is 0 Å². The van der Waals surface area contributed by atoms with E-state index in [1.165, 1.54) is 9.80 Å². The van der Waals surface area contributed by atoms with Crippen molar-refractivity contribution in [3.8, 4) is 0 Å². The van der Waals surface area contributed by atoms with Gasteiger partial charge in [-0.05, 0) is 12.8 Å². The van der Waals surface area contributed by atoms with Gasteiger partial charge in [0.1, 0.15) is 5.60 Å². The monoisotopic (exact) mass is 248 g/mol. The van der Waals surface area contributed by atoms with Gasteiger partial charge in [0.15, 0.2) is 0 Å². The van der Waals surface area contributed by atoms with Gasteiger partial charge < -0.3 is 20.0 Å². The summed E-state index contributed by atoms with van der Waals surface area (Å²) in [6, 6.07) is -0.224. The maximum absolute atomic E-state index is 13.3. The van der Waals surface area contributed by atoms with Crippen molar-refractivity contribution in [1.29, 1.82) is 0 Å². The quantitative estimate of drug-likeness (QED) is 0.716. The van der Waals surface area contributed by atoms with Gasteiger partial charge in [-0.1, -0.05) is 0 Å². The summed E-state index contributed by atoms with van der Waals surface area (Å²) in [5.41, 5.74) is -1.87. The highest BCUT2D eigenvalue weighted by Gasteiger charge is 2.45. The molecule has 1 aliphatic rings. The van der Waals surface area contributed by atoms with Gasteiger partial charge in [-0.25, -0.2) is 14.0 Å². The van der Waals surface area contributed by atoms with Crippen LogP contribution in [0.3, 0.4) is 0 Å². The maximum atomic E-state index is 13.3. The van der Waals surface area contributed by atoms with Crippen molar-refractivity contribution in [2.24, 2.45) is 0 Å². The average molecular weight is 248 g/mol. The molecule has 0 radical (unpaired) electrons. The van der Waals surface area contributed by atoms with Crippen LogP contribution in [0.15, 0.2) is 0 Å². The molecule has 1 fully saturated rings. The lowest BCUT2D eigenvalue weighted by molar-refractivity contribution is -0.158. The van der Waals surface area contributed by atoms with Crippen molar-refractivity contribution >= 4 is 12.0 Å². The molecule has 0 aliphatic carbocycles. The Labute approximate surface area is 98.6 Å². The highest BCUT2D eigenvalue weighted by molar-refractivity contribution is 5.75. The van der Waals surface area contributed by atoms with Gasteiger partial charge in [0.05, 0.1) is 0 Å². The zero-order valence-electron chi connectivity index (χ0n) is 9.89. The van der Waals surface area contributed by atoms with Gasteiger partial charge in [0.2, 0.25) is 6.17 Å². The number of likely N-dealkylation sites (tertiary alicyclic amines) is 1. The summed E-state index contributed by atoms with van der Waals surface area (Å²) in [5.74, 6) is -1.67. The third-order valence-corrected chi connectivity index (χ3v) is 2.97. The summed E-state index contributed by atoms with van der Waals surface area (Å²) in [4.78, 5) is 24.9. The average Bonchev–Trinajstić information content (AvgIpc) is 2.27. The highest BCUT2D eigenvalue weighted by Crippen LogP contribution is 2.28. The smallest absolute Gasteiger partial charge is 0.341 e. The first kappa shape index (κ1) is 13.7. The van der Waals surface area contributed by atoms with Gasteiger partial charge in [-0.15, -0.1) is 0 Å². The standard InChI is InChI=1S/C10H17FN2O4/c1-12(2)9(16)13-5-3-10(17,4-6-13)7(11)8(14)15/h7,17H,3-6H2,1-2H3,(H,14,15). The van der Waals surface area contributed by atoms with Crippen molar-refractivity contribution in [2.75, 3.05) is 27.2 Å². The number of halogens is 1. The van der Waals surface area contributed by atoms with E-state index in [0.717, 1.165) is 0 Å². The van der Waals surface area contributed by atoms with Crippen LogP contribution in [0.1, 0.15) is 12.8 Å². The number of carbonyl (C=O) groups is 2. The Kier molecular flexibility index (Phi) is 3.92. The zero-order valence-corrected chi connectivity index (χ0v) is 9.89. The second-order valence-electron chi connectivity index (χ2n) is 4.47. The number of rotatable bonds is 2. The van der Waals surface area contributed by atoms with E-state index in [9.17, 15) is 19.1 Å². The van der Waals surface area contributed by atoms with Crippen LogP contribution in [0.2, 0.25) is 0 Å². The van der Waals surface area contributed by atoms with Crippen LogP contribution >= 0.6 is 0 Å². The number of carboxylic acids is 1. The fourth-order valence-corrected chi connectivity index (χ4v) is 1.85. The first-order chi connectivity index (χ1) is 7.78. The number of carbonyl (C=O) groups excluding carboxylic acids is 1. The van der Waals surface area contributed by atoms with Crippen molar-refractivity contribution in [3.05, 3.63) is 0 Å². The van der Waals surface area contributed by atoms with Crippen LogP contribution < -0.4 is 0 Å². The second-order valence-corrected chi connectivity index (χ2v) is 4.47. The number of nitrogens with zero attached hydrogens (tertiary/aromatic N) is 2. The molecule has 0 spiro atoms. The Balaban J connectivity index is 2.61. The molecule has 0 aromatic rings. The van der Waals surface area contributed by atoms with Crippen molar-refractivity contribution in [2.45, 2.75) is 24.6 Å². The summed E-state index contributed by atoms with van der Waals surface area (Å²) in [6.07, 6.45) is -2.45. The molecule has 2 N–H and O–H groups in total. The largest absolute Gasteiger partial charge is 0.479 e. The third kappa shape index (κ3) is 2.85. The summed E-state index contributed by atoms with van der Waals surface area (Å²) < 4.78 is 13.3. The number of alkyl halides is 1. The lowest BCUT2D eigenvalue weighted by Crippen LogP contribution is -2.54. The second kappa shape index (κ2) is 4.87. The highest BCUT2D eigenvalue weighted by atomic mass is 19.1. The van der Waals surface area contributed by atoms with Crippen LogP contribution in [0.25, 0.3) is 0 Å². The summed E-state index contributed by atoms with van der Waals surface area (Å²) in [7, 11) is 3.19. The predicted molar refractivity (Wildman–Crippen MR) is 57.4 cm³/mol. The number of carboxylic acid groups (broad SMARTS) is 1. The van der Waals surface area contributed by atoms with E-state index >= 15 is 0 Å². The molecule has 1 heterocycles. The zero-order chi connectivity index (χ0) is 13.2. The van der Waals surface area contributed by atoms with Gasteiger partial charge in [0.25, 0.3) is 0 Å². The van der Waals surface area contributed by atoms with Crippen molar-refractivity contribution < 1.29 is 24.2 Å². The minimum atomic E-state index is -2.31. The van der Waals surface area contributed by atoms with E-state index in [1.807, 2.05) is 0 Å². The lowest BCUT2D eigenvalue weighted by atomic mass is 9.87. The molecule has 1 atom stereocenters. The van der Waals surface area contributed by atoms with E-state index < -0.39 is 17.7 Å². The van der Waals surface area contributed by atoms with Crippen LogP contribution in [0, 0.1) is 0 Å². The van der Waals surface area contributed by atoms with Gasteiger partial charge in [-0.2, -0.15) is 0 Å². The first-order valence-electron chi connectivity index (χ1n) is 5.33. The van der Waals surface area contributed by atoms with Crippen LogP contribution in [-0.2, 0) is 4.79 Å². The molecule has 1 rings (SSSR count). The molecule has 0 aromatic carbocycles. The molecule has 6 nitrogen and oxygen atoms in total.